The molecule has 0 saturated heterocycles. The van der Waals surface area contributed by atoms with Crippen molar-refractivity contribution in [2.45, 2.75) is 0 Å². The van der Waals surface area contributed by atoms with Gasteiger partial charge in [0.1, 0.15) is 0 Å². The average Bonchev–Trinajstić information content (AvgIpc) is 2.92. The van der Waals surface area contributed by atoms with Gasteiger partial charge >= 0.3 is 0 Å². The molecule has 0 unspecified atom stereocenters. The Morgan fingerprint density at radius 2 is 1.17 bits per heavy atom. The predicted octanol–water partition coefficient (Wildman–Crippen LogP) is 5.69. The van der Waals surface area contributed by atoms with Crippen molar-refractivity contribution in [1.29, 1.82) is 0 Å². The van der Waals surface area contributed by atoms with Crippen LogP contribution in [0.3, 0.4) is 0 Å². The van der Waals surface area contributed by atoms with Gasteiger partial charge in [0, 0.05) is 10.8 Å². The molecule has 0 heterocycles. The molecule has 6 rings (SSSR count). The third kappa shape index (κ3) is 1.30. The molecule has 0 aliphatic carbocycles. The predicted molar refractivity (Wildman–Crippen MR) is 103 cm³/mol. The third-order valence-corrected chi connectivity index (χ3v) is 5.34. The summed E-state index contributed by atoms with van der Waals surface area (Å²) < 4.78 is 0. The molecule has 0 N–H and O–H groups in total. The van der Waals surface area contributed by atoms with Gasteiger partial charge in [-0.15, -0.1) is 0 Å². The van der Waals surface area contributed by atoms with E-state index >= 15 is 0 Å². The highest BCUT2D eigenvalue weighted by Gasteiger charge is 2.16. The maximum atomic E-state index is 13.0. The van der Waals surface area contributed by atoms with Gasteiger partial charge in [0.2, 0.25) is 0 Å². The first-order chi connectivity index (χ1) is 11.8. The van der Waals surface area contributed by atoms with E-state index in [9.17, 15) is 4.79 Å². The van der Waals surface area contributed by atoms with Gasteiger partial charge < -0.3 is 0 Å². The molecule has 0 atom stereocenters. The zero-order chi connectivity index (χ0) is 15.8. The molecule has 1 nitrogen and oxygen atoms in total. The highest BCUT2D eigenvalue weighted by atomic mass is 16.1. The van der Waals surface area contributed by atoms with Crippen molar-refractivity contribution < 1.29 is 0 Å². The van der Waals surface area contributed by atoms with Crippen molar-refractivity contribution >= 4 is 53.9 Å². The van der Waals surface area contributed by atoms with E-state index in [4.69, 9.17) is 0 Å². The van der Waals surface area contributed by atoms with Crippen LogP contribution in [0.5, 0.6) is 0 Å². The molecule has 0 aromatic heterocycles. The van der Waals surface area contributed by atoms with Crippen molar-refractivity contribution in [2.75, 3.05) is 0 Å². The molecule has 6 aromatic rings. The highest BCUT2D eigenvalue weighted by molar-refractivity contribution is 6.32. The molecule has 0 aliphatic rings. The SMILES string of the molecule is O=c1c2ccccc2c2cc3ccc4cccc5ccc(c12)c3c45. The van der Waals surface area contributed by atoms with Gasteiger partial charge in [0.05, 0.1) is 0 Å². The molecule has 0 aliphatic heterocycles. The second-order valence-corrected chi connectivity index (χ2v) is 6.53. The Kier molecular flexibility index (Phi) is 2.05. The van der Waals surface area contributed by atoms with Crippen LogP contribution in [0.2, 0.25) is 0 Å². The van der Waals surface area contributed by atoms with E-state index in [1.54, 1.807) is 0 Å². The van der Waals surface area contributed by atoms with Crippen LogP contribution in [-0.4, -0.2) is 0 Å². The van der Waals surface area contributed by atoms with Crippen LogP contribution in [-0.2, 0) is 0 Å². The molecule has 0 amide bonds. The minimum absolute atomic E-state index is 0.151. The lowest BCUT2D eigenvalue weighted by molar-refractivity contribution is 1.80. The summed E-state index contributed by atoms with van der Waals surface area (Å²) >= 11 is 0. The third-order valence-electron chi connectivity index (χ3n) is 5.34. The minimum Gasteiger partial charge on any atom is -0.289 e. The van der Waals surface area contributed by atoms with E-state index in [-0.39, 0.29) is 5.43 Å². The van der Waals surface area contributed by atoms with Crippen molar-refractivity contribution in [3.05, 3.63) is 83.0 Å². The Labute approximate surface area is 137 Å². The van der Waals surface area contributed by atoms with Crippen molar-refractivity contribution in [3.63, 3.8) is 0 Å². The summed E-state index contributed by atoms with van der Waals surface area (Å²) in [4.78, 5) is 13.0. The molecule has 0 radical (unpaired) electrons. The lowest BCUT2D eigenvalue weighted by atomic mass is 9.92. The number of hydrogen-bond donors (Lipinski definition) is 0. The van der Waals surface area contributed by atoms with Gasteiger partial charge in [-0.25, -0.2) is 0 Å². The second kappa shape index (κ2) is 4.01. The summed E-state index contributed by atoms with van der Waals surface area (Å²) in [5.74, 6) is 0. The molecule has 24 heavy (non-hydrogen) atoms. The van der Waals surface area contributed by atoms with Crippen molar-refractivity contribution in [2.24, 2.45) is 0 Å². The van der Waals surface area contributed by atoms with Crippen LogP contribution in [0.1, 0.15) is 0 Å². The molecule has 0 fully saturated rings. The van der Waals surface area contributed by atoms with E-state index in [0.717, 1.165) is 26.9 Å². The zero-order valence-electron chi connectivity index (χ0n) is 12.8. The Morgan fingerprint density at radius 3 is 2.00 bits per heavy atom. The molecule has 0 saturated carbocycles. The Hall–Kier alpha value is -3.19. The van der Waals surface area contributed by atoms with Gasteiger partial charge in [-0.2, -0.15) is 0 Å². The number of hydrogen-bond acceptors (Lipinski definition) is 1. The largest absolute Gasteiger partial charge is 0.289 e. The summed E-state index contributed by atoms with van der Waals surface area (Å²) in [5, 5.41) is 11.0. The van der Waals surface area contributed by atoms with Crippen LogP contribution >= 0.6 is 0 Å². The lowest BCUT2D eigenvalue weighted by Crippen LogP contribution is -1.95. The molecular weight excluding hydrogens is 292 g/mol. The summed E-state index contributed by atoms with van der Waals surface area (Å²) in [6, 6.07) is 25.1. The molecule has 110 valence electrons. The van der Waals surface area contributed by atoms with Crippen LogP contribution in [0.25, 0.3) is 53.9 Å². The van der Waals surface area contributed by atoms with E-state index in [2.05, 4.69) is 54.6 Å². The first-order valence-electron chi connectivity index (χ1n) is 8.17. The van der Waals surface area contributed by atoms with Crippen LogP contribution in [0, 0.1) is 0 Å². The fourth-order valence-electron chi connectivity index (χ4n) is 4.32. The summed E-state index contributed by atoms with van der Waals surface area (Å²) in [6.07, 6.45) is 0. The van der Waals surface area contributed by atoms with Gasteiger partial charge in [0.25, 0.3) is 0 Å². The van der Waals surface area contributed by atoms with Crippen LogP contribution in [0.15, 0.2) is 77.6 Å². The van der Waals surface area contributed by atoms with Crippen molar-refractivity contribution in [3.8, 4) is 0 Å². The molecule has 0 spiro atoms. The summed E-state index contributed by atoms with van der Waals surface area (Å²) in [7, 11) is 0. The zero-order valence-corrected chi connectivity index (χ0v) is 12.8. The monoisotopic (exact) mass is 304 g/mol. The van der Waals surface area contributed by atoms with E-state index < -0.39 is 0 Å². The fourth-order valence-corrected chi connectivity index (χ4v) is 4.32. The Balaban J connectivity index is 2.06. The minimum atomic E-state index is 0.151. The second-order valence-electron chi connectivity index (χ2n) is 6.53. The van der Waals surface area contributed by atoms with E-state index in [1.807, 2.05) is 18.2 Å². The highest BCUT2D eigenvalue weighted by Crippen LogP contribution is 2.39. The quantitative estimate of drug-likeness (QED) is 0.329. The molecule has 1 heteroatoms. The van der Waals surface area contributed by atoms with Gasteiger partial charge in [-0.1, -0.05) is 66.7 Å². The van der Waals surface area contributed by atoms with E-state index in [0.29, 0.717) is 0 Å². The van der Waals surface area contributed by atoms with E-state index in [1.165, 1.54) is 26.9 Å². The van der Waals surface area contributed by atoms with Gasteiger partial charge in [-0.05, 0) is 49.2 Å². The average molecular weight is 304 g/mol. The van der Waals surface area contributed by atoms with Crippen LogP contribution < -0.4 is 5.43 Å². The Bertz CT molecular complexity index is 1440. The number of fused-ring (bicyclic) bond motifs is 4. The molecule has 0 bridgehead atoms. The first-order valence-corrected chi connectivity index (χ1v) is 8.17. The Morgan fingerprint density at radius 1 is 0.458 bits per heavy atom. The smallest absolute Gasteiger partial charge is 0.194 e. The lowest BCUT2D eigenvalue weighted by Gasteiger charge is -2.11. The van der Waals surface area contributed by atoms with Gasteiger partial charge in [-0.3, -0.25) is 4.79 Å². The molecule has 6 aromatic carbocycles. The topological polar surface area (TPSA) is 17.1 Å². The standard InChI is InChI=1S/C23H12O/c24-23-17-7-2-1-6-16(17)19-12-15-9-8-13-4-3-5-14-10-11-18(22(19)23)21(15)20(13)14/h1-12H. The maximum absolute atomic E-state index is 13.0. The maximum Gasteiger partial charge on any atom is 0.194 e. The van der Waals surface area contributed by atoms with Crippen molar-refractivity contribution in [1.82, 2.24) is 0 Å². The van der Waals surface area contributed by atoms with Gasteiger partial charge in [0.15, 0.2) is 5.43 Å². The molecular formula is C23H12O. The first kappa shape index (κ1) is 12.3. The van der Waals surface area contributed by atoms with Crippen LogP contribution in [0.4, 0.5) is 0 Å². The summed E-state index contributed by atoms with van der Waals surface area (Å²) in [6.45, 7) is 0. The number of benzene rings is 5. The summed E-state index contributed by atoms with van der Waals surface area (Å²) in [5.41, 5.74) is 0.151. The fraction of sp³-hybridized carbons (Fsp3) is 0. The number of rotatable bonds is 0. The normalized spacial score (nSPS) is 12.3.